The summed E-state index contributed by atoms with van der Waals surface area (Å²) in [6.07, 6.45) is 0.489. The molecule has 0 bridgehead atoms. The summed E-state index contributed by atoms with van der Waals surface area (Å²) in [5.41, 5.74) is 0.589. The molecule has 0 saturated carbocycles. The molecule has 0 radical (unpaired) electrons. The minimum Gasteiger partial charge on any atom is -0.446 e. The van der Waals surface area contributed by atoms with Crippen molar-refractivity contribution in [2.75, 3.05) is 19.6 Å². The topological polar surface area (TPSA) is 80.6 Å². The first-order valence-electron chi connectivity index (χ1n) is 8.29. The van der Waals surface area contributed by atoms with Gasteiger partial charge >= 0.3 is 11.0 Å². The Hall–Kier alpha value is -2.28. The Kier molecular flexibility index (Phi) is 5.66. The van der Waals surface area contributed by atoms with Crippen molar-refractivity contribution in [3.05, 3.63) is 32.9 Å². The largest absolute Gasteiger partial charge is 0.446 e. The highest BCUT2D eigenvalue weighted by Crippen LogP contribution is 2.26. The van der Waals surface area contributed by atoms with Crippen molar-refractivity contribution in [1.82, 2.24) is 14.8 Å². The molecule has 1 aliphatic rings. The van der Waals surface area contributed by atoms with E-state index in [0.717, 1.165) is 16.0 Å². The van der Waals surface area contributed by atoms with Gasteiger partial charge in [-0.1, -0.05) is 22.9 Å². The van der Waals surface area contributed by atoms with E-state index < -0.39 is 6.09 Å². The minimum atomic E-state index is -0.438. The normalized spacial score (nSPS) is 14.9. The van der Waals surface area contributed by atoms with Crippen LogP contribution in [0.4, 0.5) is 4.79 Å². The summed E-state index contributed by atoms with van der Waals surface area (Å²) in [5.74, 6) is 2.07. The number of benzene rings is 1. The number of carbonyl (C=O) groups is 1. The molecule has 0 aliphatic carbocycles. The Morgan fingerprint density at radius 2 is 2.15 bits per heavy atom. The average molecular weight is 396 g/mol. The smallest absolute Gasteiger partial charge is 0.407 e. The number of carbonyl (C=O) groups excluding carboxylic acids is 2. The number of aromatic nitrogens is 1. The second kappa shape index (κ2) is 7.95. The van der Waals surface area contributed by atoms with Crippen molar-refractivity contribution in [1.29, 1.82) is 0 Å². The first kappa shape index (κ1) is 18.5. The Labute approximate surface area is 158 Å². The van der Waals surface area contributed by atoms with Gasteiger partial charge in [-0.25, -0.2) is 14.2 Å². The van der Waals surface area contributed by atoms with Crippen LogP contribution in [0.1, 0.15) is 19.8 Å². The standard InChI is InChI=1S/C17H18ClN3O4S/c1-2-19-16(23)25-12-5-7-20(8-6-12)15(10-22)21-13-9-11(18)3-4-14(13)26-17(21)24/h3-4,9,12H,2,5-8H2,1H3,(H,19,23). The van der Waals surface area contributed by atoms with E-state index in [2.05, 4.69) is 5.32 Å². The van der Waals surface area contributed by atoms with Gasteiger partial charge in [-0.15, -0.1) is 0 Å². The van der Waals surface area contributed by atoms with Crippen molar-refractivity contribution >= 4 is 51.0 Å². The molecule has 138 valence electrons. The molecular weight excluding hydrogens is 378 g/mol. The zero-order valence-electron chi connectivity index (χ0n) is 14.2. The van der Waals surface area contributed by atoms with Gasteiger partial charge in [-0.2, -0.15) is 0 Å². The lowest BCUT2D eigenvalue weighted by Gasteiger charge is -2.33. The second-order valence-electron chi connectivity index (χ2n) is 5.86. The quantitative estimate of drug-likeness (QED) is 0.805. The predicted molar refractivity (Wildman–Crippen MR) is 101 cm³/mol. The van der Waals surface area contributed by atoms with Crippen LogP contribution in [-0.2, 0) is 9.53 Å². The third kappa shape index (κ3) is 3.77. The summed E-state index contributed by atoms with van der Waals surface area (Å²) in [6, 6.07) is 5.13. The number of amides is 1. The van der Waals surface area contributed by atoms with Crippen molar-refractivity contribution in [3.8, 4) is 0 Å². The fourth-order valence-electron chi connectivity index (χ4n) is 2.96. The Bertz CT molecular complexity index is 924. The number of nitrogens with one attached hydrogen (secondary N) is 1. The number of likely N-dealkylation sites (tertiary alicyclic amines) is 1. The Balaban J connectivity index is 1.79. The molecule has 7 nitrogen and oxygen atoms in total. The maximum Gasteiger partial charge on any atom is 0.407 e. The van der Waals surface area contributed by atoms with E-state index in [1.54, 1.807) is 23.1 Å². The number of piperidine rings is 1. The molecule has 9 heteroatoms. The molecule has 0 unspecified atom stereocenters. The third-order valence-electron chi connectivity index (χ3n) is 4.18. The number of thiazole rings is 1. The van der Waals surface area contributed by atoms with E-state index in [4.69, 9.17) is 16.3 Å². The zero-order chi connectivity index (χ0) is 18.7. The Morgan fingerprint density at radius 1 is 1.42 bits per heavy atom. The molecule has 1 aliphatic heterocycles. The van der Waals surface area contributed by atoms with Crippen molar-refractivity contribution in [2.24, 2.45) is 0 Å². The summed E-state index contributed by atoms with van der Waals surface area (Å²) in [7, 11) is 0. The Morgan fingerprint density at radius 3 is 2.81 bits per heavy atom. The number of hydrogen-bond acceptors (Lipinski definition) is 6. The lowest BCUT2D eigenvalue weighted by Crippen LogP contribution is -2.40. The van der Waals surface area contributed by atoms with Crippen LogP contribution in [0.2, 0.25) is 5.02 Å². The van der Waals surface area contributed by atoms with Crippen LogP contribution in [0, 0.1) is 0 Å². The van der Waals surface area contributed by atoms with E-state index in [-0.39, 0.29) is 16.8 Å². The summed E-state index contributed by atoms with van der Waals surface area (Å²) < 4.78 is 7.43. The van der Waals surface area contributed by atoms with Crippen molar-refractivity contribution in [3.63, 3.8) is 0 Å². The van der Waals surface area contributed by atoms with Gasteiger partial charge in [0.05, 0.1) is 10.2 Å². The summed E-state index contributed by atoms with van der Waals surface area (Å²) in [4.78, 5) is 37.1. The van der Waals surface area contributed by atoms with Crippen LogP contribution in [0.3, 0.4) is 0 Å². The highest BCUT2D eigenvalue weighted by Gasteiger charge is 2.26. The molecule has 1 aromatic carbocycles. The van der Waals surface area contributed by atoms with Crippen LogP contribution >= 0.6 is 22.9 Å². The van der Waals surface area contributed by atoms with Gasteiger partial charge in [-0.05, 0) is 25.1 Å². The third-order valence-corrected chi connectivity index (χ3v) is 5.34. The molecule has 1 fully saturated rings. The summed E-state index contributed by atoms with van der Waals surface area (Å²) in [6.45, 7) is 3.30. The summed E-state index contributed by atoms with van der Waals surface area (Å²) >= 11 is 7.09. The fraction of sp³-hybridized carbons (Fsp3) is 0.412. The van der Waals surface area contributed by atoms with E-state index in [1.807, 2.05) is 12.9 Å². The van der Waals surface area contributed by atoms with Gasteiger partial charge < -0.3 is 15.0 Å². The van der Waals surface area contributed by atoms with Gasteiger partial charge in [0.25, 0.3) is 0 Å². The van der Waals surface area contributed by atoms with Gasteiger partial charge in [0.15, 0.2) is 5.94 Å². The first-order chi connectivity index (χ1) is 12.5. The van der Waals surface area contributed by atoms with Crippen LogP contribution in [-0.4, -0.2) is 47.2 Å². The zero-order valence-corrected chi connectivity index (χ0v) is 15.7. The highest BCUT2D eigenvalue weighted by atomic mass is 35.5. The average Bonchev–Trinajstić information content (AvgIpc) is 2.93. The maximum atomic E-state index is 12.4. The number of alkyl carbamates (subject to hydrolysis) is 1. The van der Waals surface area contributed by atoms with Crippen molar-refractivity contribution in [2.45, 2.75) is 25.9 Å². The van der Waals surface area contributed by atoms with E-state index in [9.17, 15) is 14.4 Å². The molecule has 2 aromatic rings. The number of nitrogens with zero attached hydrogens (tertiary/aromatic N) is 2. The molecule has 1 N–H and O–H groups in total. The van der Waals surface area contributed by atoms with Gasteiger partial charge in [0, 0.05) is 37.5 Å². The molecular formula is C17H18ClN3O4S. The monoisotopic (exact) mass is 395 g/mol. The van der Waals surface area contributed by atoms with E-state index in [0.29, 0.717) is 43.0 Å². The molecule has 1 aromatic heterocycles. The second-order valence-corrected chi connectivity index (χ2v) is 7.29. The lowest BCUT2D eigenvalue weighted by molar-refractivity contribution is 0.0630. The molecule has 26 heavy (non-hydrogen) atoms. The number of ether oxygens (including phenoxy) is 1. The van der Waals surface area contributed by atoms with Crippen LogP contribution in [0.5, 0.6) is 0 Å². The van der Waals surface area contributed by atoms with E-state index >= 15 is 0 Å². The minimum absolute atomic E-state index is 0.167. The van der Waals surface area contributed by atoms with Gasteiger partial charge in [-0.3, -0.25) is 4.79 Å². The van der Waals surface area contributed by atoms with Gasteiger partial charge in [0.2, 0.25) is 5.82 Å². The van der Waals surface area contributed by atoms with E-state index in [1.165, 1.54) is 4.57 Å². The molecule has 3 rings (SSSR count). The van der Waals surface area contributed by atoms with Gasteiger partial charge in [0.1, 0.15) is 6.10 Å². The van der Waals surface area contributed by atoms with Crippen LogP contribution in [0.25, 0.3) is 16.0 Å². The molecule has 1 amide bonds. The SMILES string of the molecule is CCNC(=O)OC1CCN(C(=C=O)n2c(=O)sc3ccc(Cl)cc32)CC1. The molecule has 1 saturated heterocycles. The highest BCUT2D eigenvalue weighted by molar-refractivity contribution is 7.16. The summed E-state index contributed by atoms with van der Waals surface area (Å²) in [5, 5.41) is 3.08. The predicted octanol–water partition coefficient (Wildman–Crippen LogP) is 2.56. The molecule has 2 heterocycles. The fourth-order valence-corrected chi connectivity index (χ4v) is 3.99. The lowest BCUT2D eigenvalue weighted by atomic mass is 10.1. The van der Waals surface area contributed by atoms with Crippen LogP contribution in [0.15, 0.2) is 23.0 Å². The number of fused-ring (bicyclic) bond motifs is 1. The molecule has 0 atom stereocenters. The molecule has 0 spiro atoms. The number of rotatable bonds is 4. The maximum absolute atomic E-state index is 12.4. The van der Waals surface area contributed by atoms with Crippen LogP contribution < -0.4 is 10.2 Å². The number of halogens is 1. The first-order valence-corrected chi connectivity index (χ1v) is 9.49. The number of hydrogen-bond donors (Lipinski definition) is 1. The van der Waals surface area contributed by atoms with Crippen molar-refractivity contribution < 1.29 is 14.3 Å².